The van der Waals surface area contributed by atoms with Crippen LogP contribution in [-0.4, -0.2) is 37.5 Å². The largest absolute Gasteiger partial charge is 0.348 e. The number of carbonyl (C=O) groups excluding carboxylic acids is 1. The molecular formula is C20H24N2O3S. The van der Waals surface area contributed by atoms with E-state index in [1.54, 1.807) is 0 Å². The van der Waals surface area contributed by atoms with Gasteiger partial charge in [-0.3, -0.25) is 4.79 Å². The Morgan fingerprint density at radius 1 is 1.08 bits per heavy atom. The van der Waals surface area contributed by atoms with Crippen LogP contribution in [0.15, 0.2) is 54.6 Å². The van der Waals surface area contributed by atoms with E-state index in [0.717, 1.165) is 22.9 Å². The number of hydrogen-bond acceptors (Lipinski definition) is 3. The fourth-order valence-corrected chi connectivity index (χ4v) is 4.51. The quantitative estimate of drug-likeness (QED) is 0.877. The van der Waals surface area contributed by atoms with Crippen LogP contribution >= 0.6 is 0 Å². The van der Waals surface area contributed by atoms with E-state index in [4.69, 9.17) is 0 Å². The summed E-state index contributed by atoms with van der Waals surface area (Å²) < 4.78 is 24.9. The van der Waals surface area contributed by atoms with E-state index in [1.165, 1.54) is 4.31 Å². The zero-order valence-corrected chi connectivity index (χ0v) is 15.9. The molecule has 26 heavy (non-hydrogen) atoms. The van der Waals surface area contributed by atoms with Gasteiger partial charge in [0.25, 0.3) is 0 Å². The third-order valence-electron chi connectivity index (χ3n) is 4.81. The van der Waals surface area contributed by atoms with Crippen LogP contribution < -0.4 is 5.32 Å². The third kappa shape index (κ3) is 4.14. The van der Waals surface area contributed by atoms with E-state index in [2.05, 4.69) is 17.4 Å². The Labute approximate surface area is 155 Å². The van der Waals surface area contributed by atoms with Crippen LogP contribution in [0.4, 0.5) is 0 Å². The molecule has 0 radical (unpaired) electrons. The molecule has 1 aliphatic heterocycles. The summed E-state index contributed by atoms with van der Waals surface area (Å²) >= 11 is 0. The second-order valence-electron chi connectivity index (χ2n) is 6.75. The van der Waals surface area contributed by atoms with Gasteiger partial charge in [-0.2, -0.15) is 4.31 Å². The summed E-state index contributed by atoms with van der Waals surface area (Å²) in [6.45, 7) is 2.33. The smallest absolute Gasteiger partial charge is 0.238 e. The molecule has 1 saturated heterocycles. The maximum atomic E-state index is 12.6. The van der Waals surface area contributed by atoms with Gasteiger partial charge in [0.1, 0.15) is 6.04 Å². The van der Waals surface area contributed by atoms with Crippen molar-refractivity contribution in [2.75, 3.05) is 12.8 Å². The molecule has 2 atom stereocenters. The van der Waals surface area contributed by atoms with Crippen LogP contribution in [0, 0.1) is 0 Å². The van der Waals surface area contributed by atoms with Crippen molar-refractivity contribution in [2.24, 2.45) is 0 Å². The number of hydrogen-bond donors (Lipinski definition) is 1. The fraction of sp³-hybridized carbons (Fsp3) is 0.350. The summed E-state index contributed by atoms with van der Waals surface area (Å²) in [5, 5.41) is 2.95. The van der Waals surface area contributed by atoms with Gasteiger partial charge in [-0.1, -0.05) is 54.6 Å². The number of carbonyl (C=O) groups is 1. The van der Waals surface area contributed by atoms with E-state index in [1.807, 2.05) is 49.4 Å². The molecule has 0 saturated carbocycles. The van der Waals surface area contributed by atoms with Crippen LogP contribution in [0.1, 0.15) is 31.4 Å². The van der Waals surface area contributed by atoms with Crippen molar-refractivity contribution in [3.63, 3.8) is 0 Å². The van der Waals surface area contributed by atoms with E-state index in [0.29, 0.717) is 19.4 Å². The lowest BCUT2D eigenvalue weighted by atomic mass is 10.0. The summed E-state index contributed by atoms with van der Waals surface area (Å²) in [5.74, 6) is -0.229. The summed E-state index contributed by atoms with van der Waals surface area (Å²) in [6, 6.07) is 17.4. The molecule has 0 spiro atoms. The Kier molecular flexibility index (Phi) is 5.44. The Morgan fingerprint density at radius 3 is 2.31 bits per heavy atom. The maximum Gasteiger partial charge on any atom is 0.238 e. The van der Waals surface area contributed by atoms with Gasteiger partial charge in [0.15, 0.2) is 0 Å². The van der Waals surface area contributed by atoms with Crippen molar-refractivity contribution in [1.29, 1.82) is 0 Å². The lowest BCUT2D eigenvalue weighted by Gasteiger charge is -2.23. The van der Waals surface area contributed by atoms with Gasteiger partial charge < -0.3 is 5.32 Å². The van der Waals surface area contributed by atoms with Gasteiger partial charge in [0, 0.05) is 6.54 Å². The zero-order chi connectivity index (χ0) is 18.7. The SMILES string of the molecule is C[C@@H](NC(=O)[C@@H]1CCCN1S(C)(=O)=O)c1ccc(-c2ccccc2)cc1. The van der Waals surface area contributed by atoms with Crippen LogP contribution in [-0.2, 0) is 14.8 Å². The molecule has 1 N–H and O–H groups in total. The maximum absolute atomic E-state index is 12.6. The average molecular weight is 372 g/mol. The molecule has 1 fully saturated rings. The van der Waals surface area contributed by atoms with Crippen LogP contribution in [0.25, 0.3) is 11.1 Å². The summed E-state index contributed by atoms with van der Waals surface area (Å²) in [6.07, 6.45) is 2.44. The van der Waals surface area contributed by atoms with Crippen molar-refractivity contribution in [3.05, 3.63) is 60.2 Å². The summed E-state index contributed by atoms with van der Waals surface area (Å²) in [4.78, 5) is 12.6. The van der Waals surface area contributed by atoms with Gasteiger partial charge in [-0.15, -0.1) is 0 Å². The van der Waals surface area contributed by atoms with Crippen LogP contribution in [0.2, 0.25) is 0 Å². The molecule has 0 unspecified atom stereocenters. The molecular weight excluding hydrogens is 348 g/mol. The molecule has 1 aliphatic rings. The molecule has 0 aliphatic carbocycles. The van der Waals surface area contributed by atoms with Crippen molar-refractivity contribution >= 4 is 15.9 Å². The van der Waals surface area contributed by atoms with Gasteiger partial charge in [-0.25, -0.2) is 8.42 Å². The normalized spacial score (nSPS) is 19.2. The molecule has 6 heteroatoms. The molecule has 2 aromatic rings. The van der Waals surface area contributed by atoms with Gasteiger partial charge >= 0.3 is 0 Å². The molecule has 5 nitrogen and oxygen atoms in total. The molecule has 3 rings (SSSR count). The van der Waals surface area contributed by atoms with E-state index in [9.17, 15) is 13.2 Å². The van der Waals surface area contributed by atoms with Crippen molar-refractivity contribution in [2.45, 2.75) is 31.8 Å². The van der Waals surface area contributed by atoms with Crippen LogP contribution in [0.3, 0.4) is 0 Å². The predicted molar refractivity (Wildman–Crippen MR) is 103 cm³/mol. The number of amides is 1. The molecule has 1 heterocycles. The first kappa shape index (κ1) is 18.6. The fourth-order valence-electron chi connectivity index (χ4n) is 3.39. The van der Waals surface area contributed by atoms with Crippen molar-refractivity contribution < 1.29 is 13.2 Å². The number of benzene rings is 2. The van der Waals surface area contributed by atoms with Crippen molar-refractivity contribution in [1.82, 2.24) is 9.62 Å². The average Bonchev–Trinajstić information content (AvgIpc) is 3.13. The number of rotatable bonds is 5. The molecule has 2 aromatic carbocycles. The highest BCUT2D eigenvalue weighted by Crippen LogP contribution is 2.24. The molecule has 0 aromatic heterocycles. The van der Waals surface area contributed by atoms with Gasteiger partial charge in [0.2, 0.25) is 15.9 Å². The Hall–Kier alpha value is -2.18. The standard InChI is InChI=1S/C20H24N2O3S/c1-15(21-20(23)19-9-6-14-22(19)26(2,24)25)16-10-12-18(13-11-16)17-7-4-3-5-8-17/h3-5,7-8,10-13,15,19H,6,9,14H2,1-2H3,(H,21,23)/t15-,19+/m1/s1. The molecule has 138 valence electrons. The lowest BCUT2D eigenvalue weighted by molar-refractivity contribution is -0.124. The number of nitrogens with zero attached hydrogens (tertiary/aromatic N) is 1. The Morgan fingerprint density at radius 2 is 1.69 bits per heavy atom. The highest BCUT2D eigenvalue weighted by atomic mass is 32.2. The van der Waals surface area contributed by atoms with Crippen molar-refractivity contribution in [3.8, 4) is 11.1 Å². The Bertz CT molecular complexity index is 864. The third-order valence-corrected chi connectivity index (χ3v) is 6.10. The first-order valence-corrected chi connectivity index (χ1v) is 10.6. The molecule has 0 bridgehead atoms. The number of nitrogens with one attached hydrogen (secondary N) is 1. The minimum atomic E-state index is -3.36. The number of sulfonamides is 1. The zero-order valence-electron chi connectivity index (χ0n) is 15.1. The van der Waals surface area contributed by atoms with E-state index in [-0.39, 0.29) is 11.9 Å². The highest BCUT2D eigenvalue weighted by Gasteiger charge is 2.36. The summed E-state index contributed by atoms with van der Waals surface area (Å²) in [7, 11) is -3.36. The molecule has 1 amide bonds. The monoisotopic (exact) mass is 372 g/mol. The van der Waals surface area contributed by atoms with E-state index >= 15 is 0 Å². The van der Waals surface area contributed by atoms with Gasteiger partial charge in [-0.05, 0) is 36.5 Å². The second kappa shape index (κ2) is 7.60. The van der Waals surface area contributed by atoms with E-state index < -0.39 is 16.1 Å². The first-order valence-electron chi connectivity index (χ1n) is 8.79. The predicted octanol–water partition coefficient (Wildman–Crippen LogP) is 2.95. The lowest BCUT2D eigenvalue weighted by Crippen LogP contribution is -2.46. The van der Waals surface area contributed by atoms with Gasteiger partial charge in [0.05, 0.1) is 12.3 Å². The Balaban J connectivity index is 1.68. The van der Waals surface area contributed by atoms with Crippen LogP contribution in [0.5, 0.6) is 0 Å². The minimum absolute atomic E-state index is 0.186. The topological polar surface area (TPSA) is 66.5 Å². The summed E-state index contributed by atoms with van der Waals surface area (Å²) in [5.41, 5.74) is 3.25. The second-order valence-corrected chi connectivity index (χ2v) is 8.69. The minimum Gasteiger partial charge on any atom is -0.348 e. The highest BCUT2D eigenvalue weighted by molar-refractivity contribution is 7.88. The first-order chi connectivity index (χ1) is 12.4.